The Kier molecular flexibility index (Phi) is 6.93. The number of nitrogen functional groups attached to an aromatic ring is 1. The molecule has 1 aliphatic rings. The number of rotatable bonds is 7. The van der Waals surface area contributed by atoms with Crippen molar-refractivity contribution < 1.29 is 14.3 Å². The van der Waals surface area contributed by atoms with Crippen LogP contribution in [0.3, 0.4) is 0 Å². The van der Waals surface area contributed by atoms with Crippen LogP contribution in [0.1, 0.15) is 25.3 Å². The van der Waals surface area contributed by atoms with Crippen LogP contribution in [0.4, 0.5) is 5.82 Å². The van der Waals surface area contributed by atoms with Gasteiger partial charge in [0.05, 0.1) is 5.52 Å². The molecule has 0 bridgehead atoms. The molecule has 1 fully saturated rings. The average Bonchev–Trinajstić information content (AvgIpc) is 2.80. The highest BCUT2D eigenvalue weighted by Crippen LogP contribution is 2.23. The topological polar surface area (TPSA) is 102 Å². The second kappa shape index (κ2) is 10.0. The number of piperazine rings is 1. The lowest BCUT2D eigenvalue weighted by Gasteiger charge is -2.40. The summed E-state index contributed by atoms with van der Waals surface area (Å²) in [4.78, 5) is 37.9. The van der Waals surface area contributed by atoms with Gasteiger partial charge in [-0.05, 0) is 42.3 Å². The second-order valence-corrected chi connectivity index (χ2v) is 8.44. The molecule has 0 spiro atoms. The summed E-state index contributed by atoms with van der Waals surface area (Å²) in [6.45, 7) is 3.22. The molecule has 4 rings (SSSR count). The van der Waals surface area contributed by atoms with Gasteiger partial charge in [0, 0.05) is 30.0 Å². The maximum atomic E-state index is 13.3. The smallest absolute Gasteiger partial charge is 0.261 e. The molecule has 3 aromatic rings. The summed E-state index contributed by atoms with van der Waals surface area (Å²) >= 11 is 5.98. The van der Waals surface area contributed by atoms with Crippen LogP contribution in [-0.4, -0.2) is 57.3 Å². The highest BCUT2D eigenvalue weighted by molar-refractivity contribution is 6.30. The monoisotopic (exact) mass is 467 g/mol. The summed E-state index contributed by atoms with van der Waals surface area (Å²) in [6.07, 6.45) is 2.81. The minimum Gasteiger partial charge on any atom is -0.484 e. The van der Waals surface area contributed by atoms with E-state index in [1.54, 1.807) is 34.1 Å². The zero-order valence-corrected chi connectivity index (χ0v) is 19.2. The zero-order valence-electron chi connectivity index (χ0n) is 18.4. The number of hydrogen-bond acceptors (Lipinski definition) is 6. The molecule has 1 aliphatic heterocycles. The number of nitrogens with zero attached hydrogens (tertiary/aromatic N) is 4. The fraction of sp³-hybridized carbons (Fsp3) is 0.333. The lowest BCUT2D eigenvalue weighted by molar-refractivity contribution is -0.153. The first-order valence-corrected chi connectivity index (χ1v) is 11.3. The number of benzene rings is 2. The first-order chi connectivity index (χ1) is 16.0. The number of fused-ring (bicyclic) bond motifs is 1. The molecular weight excluding hydrogens is 442 g/mol. The van der Waals surface area contributed by atoms with Gasteiger partial charge in [0.1, 0.15) is 23.9 Å². The number of amides is 2. The molecule has 0 unspecified atom stereocenters. The van der Waals surface area contributed by atoms with E-state index in [9.17, 15) is 9.59 Å². The number of carbonyl (C=O) groups is 2. The van der Waals surface area contributed by atoms with Gasteiger partial charge in [-0.1, -0.05) is 37.1 Å². The lowest BCUT2D eigenvalue weighted by Crippen LogP contribution is -2.59. The van der Waals surface area contributed by atoms with Crippen molar-refractivity contribution in [1.29, 1.82) is 0 Å². The number of nitrogens with two attached hydrogens (primary N) is 1. The largest absolute Gasteiger partial charge is 0.484 e. The Morgan fingerprint density at radius 3 is 2.85 bits per heavy atom. The number of carbonyl (C=O) groups excluding carboxylic acids is 2. The zero-order chi connectivity index (χ0) is 23.4. The van der Waals surface area contributed by atoms with E-state index in [2.05, 4.69) is 9.97 Å². The van der Waals surface area contributed by atoms with Crippen molar-refractivity contribution in [3.05, 3.63) is 59.4 Å². The molecule has 2 N–H and O–H groups in total. The van der Waals surface area contributed by atoms with Gasteiger partial charge in [0.15, 0.2) is 6.61 Å². The minimum absolute atomic E-state index is 0.0542. The van der Waals surface area contributed by atoms with Crippen LogP contribution in [-0.2, 0) is 16.1 Å². The third kappa shape index (κ3) is 5.17. The standard InChI is InChI=1S/C24H26ClN5O3/c1-2-4-21-24(32)29(13-16-7-8-19-20(11-16)27-15-28-23(19)26)9-10-30(21)22(31)14-33-18-6-3-5-17(25)12-18/h3,5-8,11-12,15,21H,2,4,9-10,13-14H2,1H3,(H2,26,27,28)/t21-/m0/s1. The summed E-state index contributed by atoms with van der Waals surface area (Å²) in [7, 11) is 0. The third-order valence-electron chi connectivity index (χ3n) is 5.73. The van der Waals surface area contributed by atoms with E-state index in [0.717, 1.165) is 22.9 Å². The molecule has 8 nitrogen and oxygen atoms in total. The van der Waals surface area contributed by atoms with Gasteiger partial charge in [-0.25, -0.2) is 9.97 Å². The second-order valence-electron chi connectivity index (χ2n) is 8.01. The molecule has 33 heavy (non-hydrogen) atoms. The van der Waals surface area contributed by atoms with Crippen molar-refractivity contribution in [3.63, 3.8) is 0 Å². The van der Waals surface area contributed by atoms with Gasteiger partial charge in [-0.3, -0.25) is 9.59 Å². The van der Waals surface area contributed by atoms with E-state index in [4.69, 9.17) is 22.1 Å². The number of aromatic nitrogens is 2. The Hall–Kier alpha value is -3.39. The third-order valence-corrected chi connectivity index (χ3v) is 5.96. The molecule has 1 atom stereocenters. The molecule has 0 radical (unpaired) electrons. The van der Waals surface area contributed by atoms with Crippen LogP contribution in [0.15, 0.2) is 48.8 Å². The summed E-state index contributed by atoms with van der Waals surface area (Å²) in [5.41, 5.74) is 7.60. The Morgan fingerprint density at radius 2 is 2.06 bits per heavy atom. The van der Waals surface area contributed by atoms with Crippen LogP contribution in [0.25, 0.3) is 10.9 Å². The van der Waals surface area contributed by atoms with Crippen LogP contribution < -0.4 is 10.5 Å². The summed E-state index contributed by atoms with van der Waals surface area (Å²) in [5.74, 6) is 0.687. The van der Waals surface area contributed by atoms with Gasteiger partial charge >= 0.3 is 0 Å². The maximum absolute atomic E-state index is 13.3. The number of anilines is 1. The molecule has 1 saturated heterocycles. The Labute approximate surface area is 197 Å². The average molecular weight is 468 g/mol. The SMILES string of the molecule is CCC[C@H]1C(=O)N(Cc2ccc3c(N)ncnc3c2)CCN1C(=O)COc1cccc(Cl)c1. The molecule has 1 aromatic heterocycles. The molecule has 2 heterocycles. The first kappa shape index (κ1) is 22.8. The molecule has 2 aromatic carbocycles. The highest BCUT2D eigenvalue weighted by Gasteiger charge is 2.36. The van der Waals surface area contributed by atoms with Crippen LogP contribution >= 0.6 is 11.6 Å². The van der Waals surface area contributed by atoms with E-state index >= 15 is 0 Å². The van der Waals surface area contributed by atoms with Crippen LogP contribution in [0, 0.1) is 0 Å². The van der Waals surface area contributed by atoms with Gasteiger partial charge in [0.25, 0.3) is 5.91 Å². The quantitative estimate of drug-likeness (QED) is 0.572. The molecule has 172 valence electrons. The number of halogens is 1. The minimum atomic E-state index is -0.502. The summed E-state index contributed by atoms with van der Waals surface area (Å²) in [6, 6.07) is 12.1. The van der Waals surface area contributed by atoms with E-state index in [-0.39, 0.29) is 18.4 Å². The lowest BCUT2D eigenvalue weighted by atomic mass is 10.0. The predicted octanol–water partition coefficient (Wildman–Crippen LogP) is 3.28. The van der Waals surface area contributed by atoms with Crippen molar-refractivity contribution in [3.8, 4) is 5.75 Å². The predicted molar refractivity (Wildman–Crippen MR) is 127 cm³/mol. The Morgan fingerprint density at radius 1 is 1.21 bits per heavy atom. The van der Waals surface area contributed by atoms with Gasteiger partial charge in [0.2, 0.25) is 5.91 Å². The molecule has 0 aliphatic carbocycles. The number of hydrogen-bond donors (Lipinski definition) is 1. The normalized spacial score (nSPS) is 16.3. The fourth-order valence-corrected chi connectivity index (χ4v) is 4.25. The van der Waals surface area contributed by atoms with Crippen LogP contribution in [0.5, 0.6) is 5.75 Å². The van der Waals surface area contributed by atoms with E-state index in [0.29, 0.717) is 42.6 Å². The highest BCUT2D eigenvalue weighted by atomic mass is 35.5. The van der Waals surface area contributed by atoms with Gasteiger partial charge in [-0.15, -0.1) is 0 Å². The maximum Gasteiger partial charge on any atom is 0.261 e. The van der Waals surface area contributed by atoms with Crippen molar-refractivity contribution in [2.24, 2.45) is 0 Å². The Bertz CT molecular complexity index is 1170. The van der Waals surface area contributed by atoms with E-state index < -0.39 is 6.04 Å². The number of ether oxygens (including phenoxy) is 1. The molecule has 2 amide bonds. The van der Waals surface area contributed by atoms with Crippen molar-refractivity contribution in [2.45, 2.75) is 32.4 Å². The van der Waals surface area contributed by atoms with E-state index in [1.165, 1.54) is 6.33 Å². The summed E-state index contributed by atoms with van der Waals surface area (Å²) < 4.78 is 5.61. The van der Waals surface area contributed by atoms with Crippen molar-refractivity contribution in [1.82, 2.24) is 19.8 Å². The van der Waals surface area contributed by atoms with Gasteiger partial charge in [-0.2, -0.15) is 0 Å². The first-order valence-electron chi connectivity index (χ1n) is 10.9. The molecule has 0 saturated carbocycles. The fourth-order valence-electron chi connectivity index (χ4n) is 4.07. The van der Waals surface area contributed by atoms with Crippen molar-refractivity contribution in [2.75, 3.05) is 25.4 Å². The molecular formula is C24H26ClN5O3. The van der Waals surface area contributed by atoms with Crippen LogP contribution in [0.2, 0.25) is 5.02 Å². The Balaban J connectivity index is 1.44. The van der Waals surface area contributed by atoms with E-state index in [1.807, 2.05) is 25.1 Å². The van der Waals surface area contributed by atoms with Crippen molar-refractivity contribution >= 4 is 40.1 Å². The molecule has 9 heteroatoms. The summed E-state index contributed by atoms with van der Waals surface area (Å²) in [5, 5.41) is 1.32. The van der Waals surface area contributed by atoms with Gasteiger partial charge < -0.3 is 20.3 Å².